The van der Waals surface area contributed by atoms with Gasteiger partial charge in [-0.25, -0.2) is 14.4 Å². The number of thiophene rings is 1. The van der Waals surface area contributed by atoms with Crippen molar-refractivity contribution in [1.82, 2.24) is 4.98 Å². The molecule has 1 aliphatic rings. The molecule has 0 amide bonds. The van der Waals surface area contributed by atoms with Crippen LogP contribution in [-0.2, 0) is 0 Å². The van der Waals surface area contributed by atoms with Crippen LogP contribution in [0.2, 0.25) is 0 Å². The SMILES string of the molecule is COc1ccc([C@@H]2CC(c3cccs3)=NN2c2nc(-c3ccc(F)cc3)cs2)cc1OC. The lowest BCUT2D eigenvalue weighted by molar-refractivity contribution is 0.354. The Morgan fingerprint density at radius 1 is 1.00 bits per heavy atom. The van der Waals surface area contributed by atoms with Crippen molar-refractivity contribution in [2.45, 2.75) is 12.5 Å². The van der Waals surface area contributed by atoms with E-state index in [1.54, 1.807) is 37.7 Å². The van der Waals surface area contributed by atoms with Gasteiger partial charge in [-0.15, -0.1) is 22.7 Å². The third-order valence-electron chi connectivity index (χ3n) is 5.34. The van der Waals surface area contributed by atoms with Crippen LogP contribution >= 0.6 is 22.7 Å². The van der Waals surface area contributed by atoms with Crippen LogP contribution in [-0.4, -0.2) is 24.9 Å². The van der Waals surface area contributed by atoms with Gasteiger partial charge in [0.2, 0.25) is 5.13 Å². The number of rotatable bonds is 6. The standard InChI is InChI=1S/C24H20FN3O2S2/c1-29-21-10-7-16(12-22(21)30-2)20-13-18(23-4-3-11-31-23)27-28(20)24-26-19(14-32-24)15-5-8-17(25)9-6-15/h3-12,14,20H,13H2,1-2H3/t20-/m0/s1. The highest BCUT2D eigenvalue weighted by Crippen LogP contribution is 2.42. The summed E-state index contributed by atoms with van der Waals surface area (Å²) >= 11 is 3.20. The van der Waals surface area contributed by atoms with Crippen LogP contribution in [0, 0.1) is 5.82 Å². The highest BCUT2D eigenvalue weighted by molar-refractivity contribution is 7.14. The molecule has 0 fully saturated rings. The van der Waals surface area contributed by atoms with Gasteiger partial charge in [-0.3, -0.25) is 0 Å². The lowest BCUT2D eigenvalue weighted by atomic mass is 10.0. The van der Waals surface area contributed by atoms with Gasteiger partial charge in [0.15, 0.2) is 11.5 Å². The molecule has 5 nitrogen and oxygen atoms in total. The summed E-state index contributed by atoms with van der Waals surface area (Å²) < 4.78 is 24.3. The van der Waals surface area contributed by atoms with Gasteiger partial charge in [0.25, 0.3) is 0 Å². The van der Waals surface area contributed by atoms with Gasteiger partial charge in [0, 0.05) is 17.4 Å². The van der Waals surface area contributed by atoms with Crippen molar-refractivity contribution in [3.8, 4) is 22.8 Å². The first kappa shape index (κ1) is 20.7. The summed E-state index contributed by atoms with van der Waals surface area (Å²) in [6, 6.07) is 16.4. The number of halogens is 1. The van der Waals surface area contributed by atoms with Gasteiger partial charge in [-0.1, -0.05) is 12.1 Å². The second-order valence-corrected chi connectivity index (χ2v) is 9.01. The molecule has 0 saturated heterocycles. The summed E-state index contributed by atoms with van der Waals surface area (Å²) in [4.78, 5) is 5.97. The largest absolute Gasteiger partial charge is 0.493 e. The number of benzene rings is 2. The second kappa shape index (κ2) is 8.72. The van der Waals surface area contributed by atoms with Crippen LogP contribution in [0.25, 0.3) is 11.3 Å². The Labute approximate surface area is 193 Å². The lowest BCUT2D eigenvalue weighted by Crippen LogP contribution is -2.18. The van der Waals surface area contributed by atoms with Crippen LogP contribution in [0.3, 0.4) is 0 Å². The molecule has 0 N–H and O–H groups in total. The van der Waals surface area contributed by atoms with Crippen LogP contribution in [0.1, 0.15) is 22.9 Å². The van der Waals surface area contributed by atoms with Crippen LogP contribution in [0.4, 0.5) is 9.52 Å². The van der Waals surface area contributed by atoms with E-state index in [0.29, 0.717) is 11.5 Å². The molecular formula is C24H20FN3O2S2. The van der Waals surface area contributed by atoms with Crippen molar-refractivity contribution in [2.75, 3.05) is 19.2 Å². The monoisotopic (exact) mass is 465 g/mol. The highest BCUT2D eigenvalue weighted by atomic mass is 32.1. The van der Waals surface area contributed by atoms with E-state index in [1.807, 2.05) is 34.7 Å². The predicted molar refractivity (Wildman–Crippen MR) is 128 cm³/mol. The molecule has 5 rings (SSSR count). The van der Waals surface area contributed by atoms with Crippen molar-refractivity contribution in [3.05, 3.63) is 81.6 Å². The number of hydrogen-bond donors (Lipinski definition) is 0. The van der Waals surface area contributed by atoms with Crippen molar-refractivity contribution >= 4 is 33.5 Å². The molecule has 0 radical (unpaired) electrons. The van der Waals surface area contributed by atoms with E-state index in [9.17, 15) is 4.39 Å². The quantitative estimate of drug-likeness (QED) is 0.331. The highest BCUT2D eigenvalue weighted by Gasteiger charge is 2.32. The maximum absolute atomic E-state index is 13.3. The summed E-state index contributed by atoms with van der Waals surface area (Å²) in [7, 11) is 3.27. The fraction of sp³-hybridized carbons (Fsp3) is 0.167. The summed E-state index contributed by atoms with van der Waals surface area (Å²) in [5.74, 6) is 1.11. The van der Waals surface area contributed by atoms with Crippen molar-refractivity contribution < 1.29 is 13.9 Å². The molecule has 0 aliphatic carbocycles. The zero-order valence-corrected chi connectivity index (χ0v) is 19.1. The lowest BCUT2D eigenvalue weighted by Gasteiger charge is -2.22. The molecule has 3 heterocycles. The number of hydrogen-bond acceptors (Lipinski definition) is 7. The van der Waals surface area contributed by atoms with Crippen molar-refractivity contribution in [3.63, 3.8) is 0 Å². The average molecular weight is 466 g/mol. The Kier molecular flexibility index (Phi) is 5.63. The minimum atomic E-state index is -0.262. The molecule has 4 aromatic rings. The smallest absolute Gasteiger partial charge is 0.207 e. The number of hydrazone groups is 1. The van der Waals surface area contributed by atoms with Gasteiger partial charge in [0.05, 0.1) is 36.5 Å². The van der Waals surface area contributed by atoms with Crippen molar-refractivity contribution in [1.29, 1.82) is 0 Å². The van der Waals surface area contributed by atoms with E-state index < -0.39 is 0 Å². The summed E-state index contributed by atoms with van der Waals surface area (Å²) in [6.07, 6.45) is 0.751. The number of thiazole rings is 1. The van der Waals surface area contributed by atoms with E-state index in [1.165, 1.54) is 23.5 Å². The normalized spacial score (nSPS) is 15.7. The summed E-state index contributed by atoms with van der Waals surface area (Å²) in [6.45, 7) is 0. The van der Waals surface area contributed by atoms with E-state index in [-0.39, 0.29) is 11.9 Å². The zero-order valence-electron chi connectivity index (χ0n) is 17.5. The van der Waals surface area contributed by atoms with Crippen LogP contribution in [0.15, 0.2) is 70.5 Å². The van der Waals surface area contributed by atoms with Gasteiger partial charge >= 0.3 is 0 Å². The summed E-state index contributed by atoms with van der Waals surface area (Å²) in [5, 5.41) is 11.8. The molecule has 162 valence electrons. The van der Waals surface area contributed by atoms with Gasteiger partial charge in [0.1, 0.15) is 5.82 Å². The summed E-state index contributed by atoms with van der Waals surface area (Å²) in [5.41, 5.74) is 3.77. The Morgan fingerprint density at radius 2 is 1.81 bits per heavy atom. The molecule has 0 saturated carbocycles. The molecule has 8 heteroatoms. The Morgan fingerprint density at radius 3 is 2.53 bits per heavy atom. The van der Waals surface area contributed by atoms with Gasteiger partial charge in [-0.05, 0) is 53.4 Å². The number of ether oxygens (including phenoxy) is 2. The predicted octanol–water partition coefficient (Wildman–Crippen LogP) is 6.38. The Bertz CT molecular complexity index is 1250. The average Bonchev–Trinajstić information content (AvgIpc) is 3.59. The van der Waals surface area contributed by atoms with E-state index in [2.05, 4.69) is 11.4 Å². The second-order valence-electron chi connectivity index (χ2n) is 7.23. The zero-order chi connectivity index (χ0) is 22.1. The topological polar surface area (TPSA) is 47.0 Å². The first-order valence-electron chi connectivity index (χ1n) is 10.00. The van der Waals surface area contributed by atoms with E-state index in [4.69, 9.17) is 19.6 Å². The fourth-order valence-corrected chi connectivity index (χ4v) is 5.27. The molecule has 1 atom stereocenters. The number of nitrogens with zero attached hydrogens (tertiary/aromatic N) is 3. The first-order valence-corrected chi connectivity index (χ1v) is 11.8. The molecule has 32 heavy (non-hydrogen) atoms. The van der Waals surface area contributed by atoms with Gasteiger partial charge < -0.3 is 9.47 Å². The number of methoxy groups -OCH3 is 2. The molecule has 1 aliphatic heterocycles. The number of aromatic nitrogens is 1. The molecular weight excluding hydrogens is 445 g/mol. The Hall–Kier alpha value is -3.23. The maximum atomic E-state index is 13.3. The minimum Gasteiger partial charge on any atom is -0.493 e. The Balaban J connectivity index is 1.53. The maximum Gasteiger partial charge on any atom is 0.207 e. The van der Waals surface area contributed by atoms with Crippen LogP contribution in [0.5, 0.6) is 11.5 Å². The molecule has 2 aromatic heterocycles. The fourth-order valence-electron chi connectivity index (χ4n) is 3.72. The minimum absolute atomic E-state index is 0.0286. The number of anilines is 1. The van der Waals surface area contributed by atoms with E-state index in [0.717, 1.165) is 39.0 Å². The molecule has 0 unspecified atom stereocenters. The first-order chi connectivity index (χ1) is 15.7. The van der Waals surface area contributed by atoms with Gasteiger partial charge in [-0.2, -0.15) is 5.10 Å². The molecule has 0 spiro atoms. The molecule has 2 aromatic carbocycles. The third-order valence-corrected chi connectivity index (χ3v) is 7.09. The van der Waals surface area contributed by atoms with E-state index >= 15 is 0 Å². The van der Waals surface area contributed by atoms with Crippen molar-refractivity contribution in [2.24, 2.45) is 5.10 Å². The third kappa shape index (κ3) is 3.87. The van der Waals surface area contributed by atoms with Crippen LogP contribution < -0.4 is 14.5 Å². The molecule has 0 bridgehead atoms.